The van der Waals surface area contributed by atoms with E-state index in [2.05, 4.69) is 10.3 Å². The van der Waals surface area contributed by atoms with Gasteiger partial charge >= 0.3 is 0 Å². The summed E-state index contributed by atoms with van der Waals surface area (Å²) in [5.41, 5.74) is 0.475. The minimum absolute atomic E-state index is 0.0602. The van der Waals surface area contributed by atoms with Crippen molar-refractivity contribution in [1.82, 2.24) is 15.2 Å². The Kier molecular flexibility index (Phi) is 3.97. The molecule has 4 nitrogen and oxygen atoms in total. The number of hydrogen-bond acceptors (Lipinski definition) is 3. The van der Waals surface area contributed by atoms with Crippen molar-refractivity contribution in [3.05, 3.63) is 29.0 Å². The molecule has 1 aromatic heterocycles. The van der Waals surface area contributed by atoms with Crippen LogP contribution in [0.2, 0.25) is 5.15 Å². The third-order valence-electron chi connectivity index (χ3n) is 3.03. The van der Waals surface area contributed by atoms with E-state index in [1.807, 2.05) is 7.05 Å². The van der Waals surface area contributed by atoms with Gasteiger partial charge in [0.15, 0.2) is 0 Å². The Hall–Kier alpha value is -1.13. The van der Waals surface area contributed by atoms with Crippen molar-refractivity contribution in [2.24, 2.45) is 5.92 Å². The summed E-state index contributed by atoms with van der Waals surface area (Å²) < 4.78 is 0. The number of rotatable bonds is 3. The van der Waals surface area contributed by atoms with Gasteiger partial charge in [0.25, 0.3) is 5.91 Å². The van der Waals surface area contributed by atoms with Crippen LogP contribution in [0.5, 0.6) is 0 Å². The van der Waals surface area contributed by atoms with Gasteiger partial charge in [-0.05, 0) is 37.6 Å². The molecule has 92 valence electrons. The topological polar surface area (TPSA) is 45.2 Å². The Balaban J connectivity index is 2.01. The van der Waals surface area contributed by atoms with E-state index in [1.54, 1.807) is 23.2 Å². The molecular formula is C12H16ClN3O. The number of nitrogens with zero attached hydrogens (tertiary/aromatic N) is 2. The zero-order valence-electron chi connectivity index (χ0n) is 9.82. The molecule has 2 heterocycles. The van der Waals surface area contributed by atoms with Crippen molar-refractivity contribution in [2.75, 3.05) is 26.7 Å². The van der Waals surface area contributed by atoms with Gasteiger partial charge in [-0.3, -0.25) is 4.79 Å². The summed E-state index contributed by atoms with van der Waals surface area (Å²) >= 11 is 5.91. The molecule has 1 N–H and O–H groups in total. The Morgan fingerprint density at radius 2 is 2.53 bits per heavy atom. The van der Waals surface area contributed by atoms with E-state index in [9.17, 15) is 4.79 Å². The molecule has 5 heteroatoms. The average Bonchev–Trinajstić information content (AvgIpc) is 2.81. The molecular weight excluding hydrogens is 238 g/mol. The molecule has 2 rings (SSSR count). The molecule has 0 saturated carbocycles. The molecule has 0 spiro atoms. The van der Waals surface area contributed by atoms with E-state index in [1.165, 1.54) is 0 Å². The fourth-order valence-electron chi connectivity index (χ4n) is 2.09. The van der Waals surface area contributed by atoms with Crippen molar-refractivity contribution in [2.45, 2.75) is 6.42 Å². The largest absolute Gasteiger partial charge is 0.341 e. The molecule has 1 aliphatic heterocycles. The van der Waals surface area contributed by atoms with E-state index >= 15 is 0 Å². The van der Waals surface area contributed by atoms with Crippen LogP contribution in [-0.4, -0.2) is 42.5 Å². The van der Waals surface area contributed by atoms with Crippen LogP contribution in [0.4, 0.5) is 0 Å². The van der Waals surface area contributed by atoms with Crippen LogP contribution < -0.4 is 5.32 Å². The molecule has 0 aliphatic carbocycles. The third kappa shape index (κ3) is 2.96. The molecule has 1 aromatic rings. The van der Waals surface area contributed by atoms with Crippen LogP contribution >= 0.6 is 11.6 Å². The lowest BCUT2D eigenvalue weighted by Crippen LogP contribution is -2.32. The smallest absolute Gasteiger partial charge is 0.256 e. The highest BCUT2D eigenvalue weighted by atomic mass is 35.5. The zero-order chi connectivity index (χ0) is 12.3. The predicted octanol–water partition coefficient (Wildman–Crippen LogP) is 1.42. The van der Waals surface area contributed by atoms with Gasteiger partial charge in [0.05, 0.1) is 5.56 Å². The number of nitrogens with one attached hydrogen (secondary N) is 1. The fourth-order valence-corrected chi connectivity index (χ4v) is 2.29. The highest BCUT2D eigenvalue weighted by Crippen LogP contribution is 2.15. The highest BCUT2D eigenvalue weighted by molar-refractivity contribution is 6.32. The van der Waals surface area contributed by atoms with E-state index < -0.39 is 0 Å². The van der Waals surface area contributed by atoms with Gasteiger partial charge in [-0.2, -0.15) is 0 Å². The van der Waals surface area contributed by atoms with E-state index in [0.29, 0.717) is 11.5 Å². The van der Waals surface area contributed by atoms with Crippen LogP contribution in [0.1, 0.15) is 16.8 Å². The Morgan fingerprint density at radius 1 is 1.71 bits per heavy atom. The second-order valence-corrected chi connectivity index (χ2v) is 4.74. The average molecular weight is 254 g/mol. The standard InChI is InChI=1S/C12H16ClN3O/c1-16(8-9-4-6-14-7-9)12(17)10-3-2-5-15-11(10)13/h2-3,5,9,14H,4,6-8H2,1H3/t9-/m0/s1. The number of halogens is 1. The molecule has 17 heavy (non-hydrogen) atoms. The normalized spacial score (nSPS) is 19.3. The monoisotopic (exact) mass is 253 g/mol. The summed E-state index contributed by atoms with van der Waals surface area (Å²) in [6.07, 6.45) is 2.71. The van der Waals surface area contributed by atoms with Crippen LogP contribution in [0.3, 0.4) is 0 Å². The first-order valence-corrected chi connectivity index (χ1v) is 6.13. The second kappa shape index (κ2) is 5.47. The molecule has 1 atom stereocenters. The van der Waals surface area contributed by atoms with Gasteiger partial charge in [-0.1, -0.05) is 11.6 Å². The summed E-state index contributed by atoms with van der Waals surface area (Å²) in [6, 6.07) is 3.44. The lowest BCUT2D eigenvalue weighted by atomic mass is 10.1. The zero-order valence-corrected chi connectivity index (χ0v) is 10.6. The molecule has 1 fully saturated rings. The number of amides is 1. The van der Waals surface area contributed by atoms with Crippen molar-refractivity contribution >= 4 is 17.5 Å². The van der Waals surface area contributed by atoms with Gasteiger partial charge in [0, 0.05) is 19.8 Å². The first-order chi connectivity index (χ1) is 8.18. The highest BCUT2D eigenvalue weighted by Gasteiger charge is 2.21. The number of aromatic nitrogens is 1. The summed E-state index contributed by atoms with van der Waals surface area (Å²) in [5.74, 6) is 0.481. The predicted molar refractivity (Wildman–Crippen MR) is 67.2 cm³/mol. The van der Waals surface area contributed by atoms with E-state index in [-0.39, 0.29) is 11.1 Å². The molecule has 1 aliphatic rings. The van der Waals surface area contributed by atoms with Crippen LogP contribution in [0.15, 0.2) is 18.3 Å². The van der Waals surface area contributed by atoms with Crippen LogP contribution in [0.25, 0.3) is 0 Å². The van der Waals surface area contributed by atoms with Crippen LogP contribution in [-0.2, 0) is 0 Å². The molecule has 0 unspecified atom stereocenters. The molecule has 0 bridgehead atoms. The lowest BCUT2D eigenvalue weighted by Gasteiger charge is -2.21. The molecule has 0 aromatic carbocycles. The quantitative estimate of drug-likeness (QED) is 0.829. The van der Waals surface area contributed by atoms with E-state index in [0.717, 1.165) is 26.1 Å². The number of pyridine rings is 1. The van der Waals surface area contributed by atoms with Gasteiger partial charge in [-0.15, -0.1) is 0 Å². The first-order valence-electron chi connectivity index (χ1n) is 5.75. The minimum atomic E-state index is -0.0602. The van der Waals surface area contributed by atoms with E-state index in [4.69, 9.17) is 11.6 Å². The SMILES string of the molecule is CN(C[C@H]1CCNC1)C(=O)c1cccnc1Cl. The summed E-state index contributed by atoms with van der Waals surface area (Å²) in [6.45, 7) is 2.79. The Bertz CT molecular complexity index is 404. The fraction of sp³-hybridized carbons (Fsp3) is 0.500. The summed E-state index contributed by atoms with van der Waals surface area (Å²) in [5, 5.41) is 3.56. The summed E-state index contributed by atoms with van der Waals surface area (Å²) in [7, 11) is 1.81. The molecule has 1 saturated heterocycles. The Labute approximate surface area is 106 Å². The van der Waals surface area contributed by atoms with Gasteiger partial charge in [0.2, 0.25) is 0 Å². The van der Waals surface area contributed by atoms with Crippen LogP contribution in [0, 0.1) is 5.92 Å². The Morgan fingerprint density at radius 3 is 3.18 bits per heavy atom. The third-order valence-corrected chi connectivity index (χ3v) is 3.33. The van der Waals surface area contributed by atoms with Gasteiger partial charge in [0.1, 0.15) is 5.15 Å². The lowest BCUT2D eigenvalue weighted by molar-refractivity contribution is 0.0776. The number of hydrogen-bond donors (Lipinski definition) is 1. The summed E-state index contributed by atoms with van der Waals surface area (Å²) in [4.78, 5) is 17.8. The number of carbonyl (C=O) groups is 1. The van der Waals surface area contributed by atoms with Crippen molar-refractivity contribution < 1.29 is 4.79 Å². The van der Waals surface area contributed by atoms with Crippen molar-refractivity contribution in [1.29, 1.82) is 0 Å². The number of carbonyl (C=O) groups excluding carboxylic acids is 1. The minimum Gasteiger partial charge on any atom is -0.341 e. The van der Waals surface area contributed by atoms with Gasteiger partial charge < -0.3 is 10.2 Å². The maximum atomic E-state index is 12.1. The maximum absolute atomic E-state index is 12.1. The maximum Gasteiger partial charge on any atom is 0.256 e. The molecule has 0 radical (unpaired) electrons. The second-order valence-electron chi connectivity index (χ2n) is 4.39. The first kappa shape index (κ1) is 12.3. The molecule has 1 amide bonds. The van der Waals surface area contributed by atoms with Crippen molar-refractivity contribution in [3.63, 3.8) is 0 Å². The van der Waals surface area contributed by atoms with Crippen molar-refractivity contribution in [3.8, 4) is 0 Å². The van der Waals surface area contributed by atoms with Gasteiger partial charge in [-0.25, -0.2) is 4.98 Å².